The lowest BCUT2D eigenvalue weighted by Gasteiger charge is -2.40. The van der Waals surface area contributed by atoms with Gasteiger partial charge in [-0.15, -0.1) is 0 Å². The van der Waals surface area contributed by atoms with Gasteiger partial charge in [-0.05, 0) is 84.1 Å². The molecular formula is C44H37BN2O. The molecule has 0 bridgehead atoms. The Morgan fingerprint density at radius 1 is 0.625 bits per heavy atom. The standard InChI is InChI=1S/C44H37BN2O/c1-3-5-13-28-15-11-16-30(25-28)46-38-26-29(14-6-4-2)23-24-36(38)45-42-39(46)27-35-32-18-8-10-22-40(32)48-44(35)41(42)34-20-12-19-33-31-17-7-9-21-37(31)47(45)43(33)34/h7-12,15-27H,3-6,13-14H2,1-2H3. The number of anilines is 3. The first-order chi connectivity index (χ1) is 23.7. The lowest BCUT2D eigenvalue weighted by Crippen LogP contribution is -2.56. The highest BCUT2D eigenvalue weighted by Crippen LogP contribution is 2.49. The van der Waals surface area contributed by atoms with Crippen LogP contribution in [-0.2, 0) is 12.8 Å². The molecule has 0 atom stereocenters. The molecule has 0 fully saturated rings. The molecule has 4 heterocycles. The first kappa shape index (κ1) is 27.9. The fraction of sp³-hybridized carbons (Fsp3) is 0.182. The second-order valence-corrected chi connectivity index (χ2v) is 13.8. The molecular weight excluding hydrogens is 583 g/mol. The third-order valence-corrected chi connectivity index (χ3v) is 10.9. The average molecular weight is 621 g/mol. The summed E-state index contributed by atoms with van der Waals surface area (Å²) in [4.78, 5) is 2.58. The zero-order valence-corrected chi connectivity index (χ0v) is 27.6. The van der Waals surface area contributed by atoms with Gasteiger partial charge in [-0.3, -0.25) is 0 Å². The van der Waals surface area contributed by atoms with Crippen LogP contribution >= 0.6 is 0 Å². The number of unbranched alkanes of at least 4 members (excludes halogenated alkanes) is 2. The molecule has 6 aromatic carbocycles. The van der Waals surface area contributed by atoms with Crippen LogP contribution in [-0.4, -0.2) is 11.3 Å². The number of para-hydroxylation sites is 3. The van der Waals surface area contributed by atoms with Crippen molar-refractivity contribution in [3.63, 3.8) is 0 Å². The maximum atomic E-state index is 6.87. The van der Waals surface area contributed by atoms with Crippen molar-refractivity contribution in [3.8, 4) is 11.1 Å². The van der Waals surface area contributed by atoms with Crippen molar-refractivity contribution >= 4 is 78.6 Å². The Kier molecular flexibility index (Phi) is 6.18. The maximum Gasteiger partial charge on any atom is 0.333 e. The molecule has 0 spiro atoms. The van der Waals surface area contributed by atoms with E-state index < -0.39 is 0 Å². The second-order valence-electron chi connectivity index (χ2n) is 13.8. The summed E-state index contributed by atoms with van der Waals surface area (Å²) in [5, 5.41) is 4.95. The van der Waals surface area contributed by atoms with E-state index in [4.69, 9.17) is 4.42 Å². The maximum absolute atomic E-state index is 6.87. The average Bonchev–Trinajstić information content (AvgIpc) is 3.67. The lowest BCUT2D eigenvalue weighted by molar-refractivity contribution is 0.670. The van der Waals surface area contributed by atoms with Gasteiger partial charge in [0, 0.05) is 60.8 Å². The molecule has 0 saturated heterocycles. The van der Waals surface area contributed by atoms with E-state index in [1.54, 1.807) is 0 Å². The first-order valence-corrected chi connectivity index (χ1v) is 17.8. The number of rotatable bonds is 7. The molecule has 3 nitrogen and oxygen atoms in total. The van der Waals surface area contributed by atoms with Gasteiger partial charge < -0.3 is 13.8 Å². The second kappa shape index (κ2) is 10.7. The minimum absolute atomic E-state index is 0.0136. The highest BCUT2D eigenvalue weighted by Gasteiger charge is 2.44. The van der Waals surface area contributed by atoms with Crippen LogP contribution in [0.3, 0.4) is 0 Å². The predicted octanol–water partition coefficient (Wildman–Crippen LogP) is 10.8. The number of hydrogen-bond acceptors (Lipinski definition) is 2. The largest absolute Gasteiger partial charge is 0.455 e. The minimum atomic E-state index is 0.0136. The Balaban J connectivity index is 1.38. The lowest BCUT2D eigenvalue weighted by atomic mass is 9.45. The SMILES string of the molecule is CCCCc1cccc(N2c3cc(CCCC)ccc3B3c4c2cc2c(oc5ccccc52)c4-c2cccc4c5ccccc5n3c24)c1. The molecule has 8 aromatic rings. The monoisotopic (exact) mass is 620 g/mol. The highest BCUT2D eigenvalue weighted by molar-refractivity contribution is 6.90. The molecule has 2 aromatic heterocycles. The molecule has 48 heavy (non-hydrogen) atoms. The molecule has 2 aliphatic rings. The van der Waals surface area contributed by atoms with Crippen LogP contribution < -0.4 is 15.8 Å². The van der Waals surface area contributed by atoms with Crippen molar-refractivity contribution in [2.75, 3.05) is 4.90 Å². The van der Waals surface area contributed by atoms with E-state index in [1.165, 1.54) is 109 Å². The third-order valence-electron chi connectivity index (χ3n) is 10.9. The number of furan rings is 1. The third kappa shape index (κ3) is 3.83. The summed E-state index contributed by atoms with van der Waals surface area (Å²) < 4.78 is 9.51. The number of benzene rings is 6. The van der Waals surface area contributed by atoms with Crippen LogP contribution in [0.25, 0.3) is 54.9 Å². The molecule has 4 heteroatoms. The molecule has 10 rings (SSSR count). The van der Waals surface area contributed by atoms with Gasteiger partial charge in [-0.1, -0.05) is 106 Å². The van der Waals surface area contributed by atoms with Gasteiger partial charge in [0.2, 0.25) is 0 Å². The predicted molar refractivity (Wildman–Crippen MR) is 204 cm³/mol. The van der Waals surface area contributed by atoms with Gasteiger partial charge in [0.05, 0.1) is 0 Å². The normalized spacial score (nSPS) is 13.2. The summed E-state index contributed by atoms with van der Waals surface area (Å²) in [6, 6.07) is 43.4. The summed E-state index contributed by atoms with van der Waals surface area (Å²) in [5.74, 6) is 0. The zero-order valence-electron chi connectivity index (χ0n) is 27.6. The Morgan fingerprint density at radius 2 is 1.38 bits per heavy atom. The zero-order chi connectivity index (χ0) is 31.9. The van der Waals surface area contributed by atoms with Crippen molar-refractivity contribution in [1.29, 1.82) is 0 Å². The van der Waals surface area contributed by atoms with Gasteiger partial charge >= 0.3 is 6.85 Å². The summed E-state index contributed by atoms with van der Waals surface area (Å²) in [6.45, 7) is 4.57. The Morgan fingerprint density at radius 3 is 2.23 bits per heavy atom. The van der Waals surface area contributed by atoms with Gasteiger partial charge in [0.15, 0.2) is 0 Å². The van der Waals surface area contributed by atoms with Crippen molar-refractivity contribution in [1.82, 2.24) is 4.48 Å². The smallest absolute Gasteiger partial charge is 0.333 e. The van der Waals surface area contributed by atoms with E-state index in [0.29, 0.717) is 0 Å². The molecule has 0 unspecified atom stereocenters. The first-order valence-electron chi connectivity index (χ1n) is 17.8. The van der Waals surface area contributed by atoms with E-state index in [9.17, 15) is 0 Å². The van der Waals surface area contributed by atoms with Crippen molar-refractivity contribution in [3.05, 3.63) is 126 Å². The van der Waals surface area contributed by atoms with Crippen LogP contribution in [0.1, 0.15) is 50.7 Å². The Bertz CT molecular complexity index is 2570. The Labute approximate surface area is 281 Å². The molecule has 0 radical (unpaired) electrons. The van der Waals surface area contributed by atoms with Crippen LogP contribution in [0.4, 0.5) is 17.1 Å². The number of fused-ring (bicyclic) bond motifs is 11. The quantitative estimate of drug-likeness (QED) is 0.165. The Hall–Kier alpha value is -5.22. The summed E-state index contributed by atoms with van der Waals surface area (Å²) >= 11 is 0. The summed E-state index contributed by atoms with van der Waals surface area (Å²) in [5.41, 5.74) is 16.2. The van der Waals surface area contributed by atoms with E-state index in [2.05, 4.69) is 138 Å². The van der Waals surface area contributed by atoms with E-state index in [-0.39, 0.29) is 6.85 Å². The fourth-order valence-electron chi connectivity index (χ4n) is 8.72. The van der Waals surface area contributed by atoms with Crippen molar-refractivity contribution in [2.24, 2.45) is 0 Å². The van der Waals surface area contributed by atoms with Crippen LogP contribution in [0.2, 0.25) is 0 Å². The molecule has 0 aliphatic carbocycles. The topological polar surface area (TPSA) is 21.3 Å². The fourth-order valence-corrected chi connectivity index (χ4v) is 8.72. The molecule has 232 valence electrons. The van der Waals surface area contributed by atoms with Gasteiger partial charge in [0.25, 0.3) is 0 Å². The van der Waals surface area contributed by atoms with Gasteiger partial charge in [-0.25, -0.2) is 0 Å². The number of aryl methyl sites for hydroxylation is 2. The van der Waals surface area contributed by atoms with E-state index >= 15 is 0 Å². The molecule has 0 N–H and O–H groups in total. The molecule has 0 saturated carbocycles. The summed E-state index contributed by atoms with van der Waals surface area (Å²) in [7, 11) is 0. The molecule has 0 amide bonds. The van der Waals surface area contributed by atoms with E-state index in [0.717, 1.165) is 24.0 Å². The van der Waals surface area contributed by atoms with Crippen molar-refractivity contribution in [2.45, 2.75) is 52.4 Å². The minimum Gasteiger partial charge on any atom is -0.455 e. The van der Waals surface area contributed by atoms with Gasteiger partial charge in [0.1, 0.15) is 11.2 Å². The van der Waals surface area contributed by atoms with Crippen molar-refractivity contribution < 1.29 is 4.42 Å². The highest BCUT2D eigenvalue weighted by atomic mass is 16.3. The summed E-state index contributed by atoms with van der Waals surface area (Å²) in [6.07, 6.45) is 6.93. The van der Waals surface area contributed by atoms with Crippen LogP contribution in [0.5, 0.6) is 0 Å². The van der Waals surface area contributed by atoms with Crippen LogP contribution in [0.15, 0.2) is 120 Å². The number of aromatic nitrogens is 1. The number of hydrogen-bond donors (Lipinski definition) is 0. The van der Waals surface area contributed by atoms with Crippen LogP contribution in [0, 0.1) is 0 Å². The molecule has 2 aliphatic heterocycles. The van der Waals surface area contributed by atoms with Gasteiger partial charge in [-0.2, -0.15) is 0 Å². The van der Waals surface area contributed by atoms with E-state index in [1.807, 2.05) is 0 Å². The number of nitrogens with zero attached hydrogens (tertiary/aromatic N) is 2.